The minimum atomic E-state index is -0.166. The summed E-state index contributed by atoms with van der Waals surface area (Å²) in [5.41, 5.74) is 2.01. The summed E-state index contributed by atoms with van der Waals surface area (Å²) >= 11 is 1.54. The third-order valence-electron chi connectivity index (χ3n) is 2.54. The number of rotatable bonds is 4. The van der Waals surface area contributed by atoms with Crippen LogP contribution in [-0.2, 0) is 0 Å². The van der Waals surface area contributed by atoms with Gasteiger partial charge in [-0.3, -0.25) is 4.79 Å². The average Bonchev–Trinajstić information content (AvgIpc) is 2.40. The van der Waals surface area contributed by atoms with E-state index in [0.29, 0.717) is 11.3 Å². The summed E-state index contributed by atoms with van der Waals surface area (Å²) in [5.74, 6) is 0.697. The molecule has 1 heterocycles. The number of thioether (sulfide) groups is 1. The molecule has 0 saturated carbocycles. The Hall–Kier alpha value is -1.88. The van der Waals surface area contributed by atoms with Crippen molar-refractivity contribution in [1.29, 1.82) is 0 Å². The number of para-hydroxylation sites is 1. The van der Waals surface area contributed by atoms with Gasteiger partial charge in [0, 0.05) is 5.69 Å². The van der Waals surface area contributed by atoms with E-state index in [2.05, 4.69) is 15.3 Å². The molecular formula is C14H15N3OS. The summed E-state index contributed by atoms with van der Waals surface area (Å²) in [5, 5.41) is 3.59. The van der Waals surface area contributed by atoms with Gasteiger partial charge in [0.15, 0.2) is 0 Å². The number of aromatic nitrogens is 2. The number of anilines is 1. The molecule has 0 radical (unpaired) electrons. The summed E-state index contributed by atoms with van der Waals surface area (Å²) in [7, 11) is 0. The summed E-state index contributed by atoms with van der Waals surface area (Å²) in [6, 6.07) is 9.37. The number of amides is 1. The van der Waals surface area contributed by atoms with E-state index in [1.165, 1.54) is 6.33 Å². The summed E-state index contributed by atoms with van der Waals surface area (Å²) in [4.78, 5) is 20.6. The normalized spacial score (nSPS) is 10.2. The Morgan fingerprint density at radius 1 is 1.26 bits per heavy atom. The van der Waals surface area contributed by atoms with Crippen LogP contribution in [0.3, 0.4) is 0 Å². The van der Waals surface area contributed by atoms with Crippen molar-refractivity contribution in [2.75, 3.05) is 11.1 Å². The fourth-order valence-corrected chi connectivity index (χ4v) is 2.45. The molecule has 0 unspecified atom stereocenters. The number of benzene rings is 1. The van der Waals surface area contributed by atoms with Crippen molar-refractivity contribution in [2.24, 2.45) is 0 Å². The molecule has 0 fully saturated rings. The lowest BCUT2D eigenvalue weighted by molar-refractivity contribution is 0.102. The molecule has 0 aliphatic heterocycles. The molecule has 19 heavy (non-hydrogen) atoms. The third-order valence-corrected chi connectivity index (χ3v) is 3.41. The van der Waals surface area contributed by atoms with Crippen molar-refractivity contribution in [3.63, 3.8) is 0 Å². The number of hydrogen-bond acceptors (Lipinski definition) is 4. The van der Waals surface area contributed by atoms with Gasteiger partial charge in [-0.1, -0.05) is 25.1 Å². The maximum absolute atomic E-state index is 12.3. The summed E-state index contributed by atoms with van der Waals surface area (Å²) in [6.07, 6.45) is 1.49. The van der Waals surface area contributed by atoms with E-state index in [4.69, 9.17) is 0 Å². The molecule has 2 aromatic rings. The van der Waals surface area contributed by atoms with Gasteiger partial charge < -0.3 is 5.32 Å². The van der Waals surface area contributed by atoms with Crippen LogP contribution in [0.15, 0.2) is 41.7 Å². The second-order valence-corrected chi connectivity index (χ2v) is 5.15. The van der Waals surface area contributed by atoms with Crippen LogP contribution < -0.4 is 5.32 Å². The van der Waals surface area contributed by atoms with Gasteiger partial charge in [0.25, 0.3) is 5.91 Å². The van der Waals surface area contributed by atoms with Crippen LogP contribution in [0.25, 0.3) is 0 Å². The van der Waals surface area contributed by atoms with Crippen molar-refractivity contribution in [1.82, 2.24) is 9.97 Å². The molecule has 0 spiro atoms. The minimum absolute atomic E-state index is 0.166. The van der Waals surface area contributed by atoms with E-state index < -0.39 is 0 Å². The molecule has 1 amide bonds. The molecule has 0 bridgehead atoms. The standard InChI is InChI=1S/C14H15N3OS/c1-3-19-14-12(10(2)15-9-16-14)13(18)17-11-7-5-4-6-8-11/h4-9H,3H2,1-2H3,(H,17,18). The SMILES string of the molecule is CCSc1ncnc(C)c1C(=O)Nc1ccccc1. The Kier molecular flexibility index (Phi) is 4.52. The van der Waals surface area contributed by atoms with E-state index in [-0.39, 0.29) is 5.91 Å². The molecule has 4 nitrogen and oxygen atoms in total. The van der Waals surface area contributed by atoms with Gasteiger partial charge in [-0.05, 0) is 24.8 Å². The van der Waals surface area contributed by atoms with E-state index in [1.54, 1.807) is 11.8 Å². The van der Waals surface area contributed by atoms with E-state index in [9.17, 15) is 4.79 Å². The minimum Gasteiger partial charge on any atom is -0.322 e. The van der Waals surface area contributed by atoms with Crippen LogP contribution in [0.2, 0.25) is 0 Å². The molecule has 0 aliphatic carbocycles. The maximum atomic E-state index is 12.3. The highest BCUT2D eigenvalue weighted by molar-refractivity contribution is 7.99. The smallest absolute Gasteiger partial charge is 0.260 e. The molecule has 0 atom stereocenters. The average molecular weight is 273 g/mol. The van der Waals surface area contributed by atoms with Crippen LogP contribution in [0, 0.1) is 6.92 Å². The molecule has 2 rings (SSSR count). The highest BCUT2D eigenvalue weighted by Gasteiger charge is 2.16. The first-order valence-electron chi connectivity index (χ1n) is 6.03. The molecule has 0 aliphatic rings. The highest BCUT2D eigenvalue weighted by Crippen LogP contribution is 2.22. The van der Waals surface area contributed by atoms with Gasteiger partial charge in [0.05, 0.1) is 11.3 Å². The topological polar surface area (TPSA) is 54.9 Å². The van der Waals surface area contributed by atoms with Crippen LogP contribution in [0.4, 0.5) is 5.69 Å². The highest BCUT2D eigenvalue weighted by atomic mass is 32.2. The van der Waals surface area contributed by atoms with E-state index in [0.717, 1.165) is 16.5 Å². The van der Waals surface area contributed by atoms with Gasteiger partial charge in [-0.15, -0.1) is 11.8 Å². The first kappa shape index (κ1) is 13.5. The van der Waals surface area contributed by atoms with E-state index in [1.807, 2.05) is 44.2 Å². The van der Waals surface area contributed by atoms with Crippen molar-refractivity contribution in [2.45, 2.75) is 18.9 Å². The Labute approximate surface area is 116 Å². The molecule has 5 heteroatoms. The predicted octanol–water partition coefficient (Wildman–Crippen LogP) is 3.15. The lowest BCUT2D eigenvalue weighted by Gasteiger charge is -2.10. The number of nitrogens with zero attached hydrogens (tertiary/aromatic N) is 2. The fourth-order valence-electron chi connectivity index (χ4n) is 1.67. The van der Waals surface area contributed by atoms with Gasteiger partial charge in [-0.2, -0.15) is 0 Å². The molecule has 1 aromatic carbocycles. The van der Waals surface area contributed by atoms with Gasteiger partial charge >= 0.3 is 0 Å². The number of aryl methyl sites for hydroxylation is 1. The zero-order chi connectivity index (χ0) is 13.7. The van der Waals surface area contributed by atoms with Gasteiger partial charge in [0.1, 0.15) is 11.4 Å². The lowest BCUT2D eigenvalue weighted by Crippen LogP contribution is -2.16. The maximum Gasteiger partial charge on any atom is 0.260 e. The Bertz CT molecular complexity index is 572. The predicted molar refractivity (Wildman–Crippen MR) is 77.6 cm³/mol. The van der Waals surface area contributed by atoms with Crippen molar-refractivity contribution >= 4 is 23.4 Å². The molecule has 98 valence electrons. The number of nitrogens with one attached hydrogen (secondary N) is 1. The van der Waals surface area contributed by atoms with Gasteiger partial charge in [0.2, 0.25) is 0 Å². The monoisotopic (exact) mass is 273 g/mol. The van der Waals surface area contributed by atoms with Crippen LogP contribution in [-0.4, -0.2) is 21.6 Å². The van der Waals surface area contributed by atoms with Crippen LogP contribution in [0.1, 0.15) is 23.0 Å². The fraction of sp³-hybridized carbons (Fsp3) is 0.214. The first-order chi connectivity index (χ1) is 9.22. The van der Waals surface area contributed by atoms with Crippen molar-refractivity contribution in [3.8, 4) is 0 Å². The largest absolute Gasteiger partial charge is 0.322 e. The Balaban J connectivity index is 2.28. The van der Waals surface area contributed by atoms with Crippen LogP contribution >= 0.6 is 11.8 Å². The molecule has 1 N–H and O–H groups in total. The second-order valence-electron chi connectivity index (χ2n) is 3.89. The number of carbonyl (C=O) groups is 1. The number of carbonyl (C=O) groups excluding carboxylic acids is 1. The summed E-state index contributed by atoms with van der Waals surface area (Å²) < 4.78 is 0. The summed E-state index contributed by atoms with van der Waals surface area (Å²) in [6.45, 7) is 3.85. The van der Waals surface area contributed by atoms with Crippen LogP contribution in [0.5, 0.6) is 0 Å². The quantitative estimate of drug-likeness (QED) is 0.687. The van der Waals surface area contributed by atoms with E-state index >= 15 is 0 Å². The van der Waals surface area contributed by atoms with Crippen molar-refractivity contribution < 1.29 is 4.79 Å². The molecule has 1 aromatic heterocycles. The van der Waals surface area contributed by atoms with Crippen molar-refractivity contribution in [3.05, 3.63) is 47.9 Å². The zero-order valence-electron chi connectivity index (χ0n) is 10.9. The number of hydrogen-bond donors (Lipinski definition) is 1. The Morgan fingerprint density at radius 3 is 2.68 bits per heavy atom. The first-order valence-corrected chi connectivity index (χ1v) is 7.01. The zero-order valence-corrected chi connectivity index (χ0v) is 11.7. The third kappa shape index (κ3) is 3.32. The lowest BCUT2D eigenvalue weighted by atomic mass is 10.2. The molecular weight excluding hydrogens is 258 g/mol. The Morgan fingerprint density at radius 2 is 2.00 bits per heavy atom. The van der Waals surface area contributed by atoms with Gasteiger partial charge in [-0.25, -0.2) is 9.97 Å². The second kappa shape index (κ2) is 6.33. The molecule has 0 saturated heterocycles.